The molecular formula is C17H19N3O3. The van der Waals surface area contributed by atoms with Gasteiger partial charge in [0.2, 0.25) is 0 Å². The first kappa shape index (κ1) is 14.4. The van der Waals surface area contributed by atoms with Gasteiger partial charge >= 0.3 is 0 Å². The van der Waals surface area contributed by atoms with Crippen molar-refractivity contribution >= 4 is 11.6 Å². The number of fused-ring (bicyclic) bond motifs is 2. The van der Waals surface area contributed by atoms with E-state index >= 15 is 0 Å². The second kappa shape index (κ2) is 5.79. The molecule has 4 rings (SSSR count). The summed E-state index contributed by atoms with van der Waals surface area (Å²) in [6, 6.07) is 7.91. The Morgan fingerprint density at radius 3 is 3.13 bits per heavy atom. The van der Waals surface area contributed by atoms with Crippen LogP contribution in [0.1, 0.15) is 21.9 Å². The molecule has 0 saturated heterocycles. The van der Waals surface area contributed by atoms with E-state index in [0.717, 1.165) is 23.5 Å². The number of benzene rings is 1. The number of carbonyl (C=O) groups excluding carboxylic acids is 1. The Labute approximate surface area is 134 Å². The Bertz CT molecular complexity index is 740. The first-order chi connectivity index (χ1) is 11.3. The maximum absolute atomic E-state index is 13.1. The Morgan fingerprint density at radius 2 is 2.26 bits per heavy atom. The molecule has 120 valence electrons. The molecule has 1 amide bonds. The molecule has 1 atom stereocenters. The van der Waals surface area contributed by atoms with Gasteiger partial charge in [-0.2, -0.15) is 0 Å². The van der Waals surface area contributed by atoms with Crippen molar-refractivity contribution in [1.82, 2.24) is 9.55 Å². The number of anilines is 1. The summed E-state index contributed by atoms with van der Waals surface area (Å²) in [5.41, 5.74) is 2.63. The lowest BCUT2D eigenvalue weighted by atomic mass is 9.93. The van der Waals surface area contributed by atoms with E-state index < -0.39 is 0 Å². The number of ether oxygens (including phenoxy) is 1. The molecule has 2 aromatic rings. The molecule has 2 aliphatic heterocycles. The van der Waals surface area contributed by atoms with Crippen molar-refractivity contribution in [1.29, 1.82) is 0 Å². The summed E-state index contributed by atoms with van der Waals surface area (Å²) in [6.45, 7) is 2.30. The molecular weight excluding hydrogens is 294 g/mol. The van der Waals surface area contributed by atoms with Crippen molar-refractivity contribution in [2.45, 2.75) is 19.6 Å². The van der Waals surface area contributed by atoms with Crippen LogP contribution in [0.25, 0.3) is 0 Å². The Hall–Kier alpha value is -2.18. The molecule has 6 nitrogen and oxygen atoms in total. The van der Waals surface area contributed by atoms with Crippen LogP contribution in [0.2, 0.25) is 0 Å². The van der Waals surface area contributed by atoms with Crippen LogP contribution >= 0.6 is 0 Å². The van der Waals surface area contributed by atoms with E-state index in [-0.39, 0.29) is 18.4 Å². The highest BCUT2D eigenvalue weighted by Crippen LogP contribution is 2.31. The molecule has 0 bridgehead atoms. The minimum Gasteiger partial charge on any atom is -0.396 e. The summed E-state index contributed by atoms with van der Waals surface area (Å²) >= 11 is 0. The largest absolute Gasteiger partial charge is 0.396 e. The average Bonchev–Trinajstić information content (AvgIpc) is 3.04. The average molecular weight is 313 g/mol. The third-order valence-electron chi connectivity index (χ3n) is 4.58. The number of aliphatic hydroxyl groups is 1. The van der Waals surface area contributed by atoms with E-state index in [1.807, 2.05) is 28.8 Å². The summed E-state index contributed by atoms with van der Waals surface area (Å²) in [5.74, 6) is 0.806. The second-order valence-corrected chi connectivity index (χ2v) is 6.06. The van der Waals surface area contributed by atoms with E-state index in [1.54, 1.807) is 11.1 Å². The number of carbonyl (C=O) groups is 1. The number of aliphatic hydroxyl groups excluding tert-OH is 1. The van der Waals surface area contributed by atoms with Crippen LogP contribution in [-0.4, -0.2) is 40.3 Å². The fourth-order valence-corrected chi connectivity index (χ4v) is 3.40. The molecule has 1 N–H and O–H groups in total. The molecule has 1 aromatic carbocycles. The van der Waals surface area contributed by atoms with Crippen LogP contribution in [0.3, 0.4) is 0 Å². The highest BCUT2D eigenvalue weighted by Gasteiger charge is 2.31. The van der Waals surface area contributed by atoms with E-state index in [2.05, 4.69) is 4.98 Å². The summed E-state index contributed by atoms with van der Waals surface area (Å²) in [6.07, 6.45) is 2.44. The van der Waals surface area contributed by atoms with Gasteiger partial charge in [-0.05, 0) is 18.1 Å². The van der Waals surface area contributed by atoms with Crippen LogP contribution in [-0.2, 0) is 24.3 Å². The van der Waals surface area contributed by atoms with Gasteiger partial charge in [0.25, 0.3) is 5.91 Å². The van der Waals surface area contributed by atoms with Crippen LogP contribution in [0.4, 0.5) is 5.69 Å². The lowest BCUT2D eigenvalue weighted by molar-refractivity contribution is 0.0783. The minimum atomic E-state index is -0.0590. The van der Waals surface area contributed by atoms with E-state index in [4.69, 9.17) is 4.74 Å². The van der Waals surface area contributed by atoms with Crippen molar-refractivity contribution in [3.8, 4) is 0 Å². The number of aromatic nitrogens is 2. The molecule has 0 radical (unpaired) electrons. The number of nitrogens with zero attached hydrogens (tertiary/aromatic N) is 3. The SMILES string of the molecule is O=C(c1cnc2n1CCOC2)N1CC(CO)Cc2ccccc21. The van der Waals surface area contributed by atoms with Crippen LogP contribution in [0.5, 0.6) is 0 Å². The van der Waals surface area contributed by atoms with E-state index in [0.29, 0.717) is 32.0 Å². The lowest BCUT2D eigenvalue weighted by Crippen LogP contribution is -2.42. The zero-order chi connectivity index (χ0) is 15.8. The molecule has 0 aliphatic carbocycles. The molecule has 1 unspecified atom stereocenters. The van der Waals surface area contributed by atoms with Gasteiger partial charge < -0.3 is 19.3 Å². The van der Waals surface area contributed by atoms with Gasteiger partial charge in [-0.1, -0.05) is 18.2 Å². The van der Waals surface area contributed by atoms with Gasteiger partial charge in [0.15, 0.2) is 0 Å². The smallest absolute Gasteiger partial charge is 0.276 e. The van der Waals surface area contributed by atoms with Crippen molar-refractivity contribution in [3.63, 3.8) is 0 Å². The predicted octanol–water partition coefficient (Wildman–Crippen LogP) is 1.22. The second-order valence-electron chi connectivity index (χ2n) is 6.06. The number of amides is 1. The van der Waals surface area contributed by atoms with Gasteiger partial charge in [-0.15, -0.1) is 0 Å². The summed E-state index contributed by atoms with van der Waals surface area (Å²) < 4.78 is 7.33. The molecule has 2 aliphatic rings. The molecule has 3 heterocycles. The van der Waals surface area contributed by atoms with Crippen LogP contribution < -0.4 is 4.90 Å². The van der Waals surface area contributed by atoms with Crippen LogP contribution in [0.15, 0.2) is 30.5 Å². The Kier molecular flexibility index (Phi) is 3.63. The lowest BCUT2D eigenvalue weighted by Gasteiger charge is -2.34. The van der Waals surface area contributed by atoms with Crippen molar-refractivity contribution < 1.29 is 14.6 Å². The monoisotopic (exact) mass is 313 g/mol. The maximum atomic E-state index is 13.1. The molecule has 0 fully saturated rings. The van der Waals surface area contributed by atoms with Gasteiger partial charge in [0.05, 0.1) is 12.8 Å². The first-order valence-electron chi connectivity index (χ1n) is 7.90. The highest BCUT2D eigenvalue weighted by molar-refractivity contribution is 6.05. The molecule has 1 aromatic heterocycles. The Morgan fingerprint density at radius 1 is 1.39 bits per heavy atom. The molecule has 23 heavy (non-hydrogen) atoms. The summed E-state index contributed by atoms with van der Waals surface area (Å²) in [4.78, 5) is 19.2. The predicted molar refractivity (Wildman–Crippen MR) is 84.3 cm³/mol. The topological polar surface area (TPSA) is 67.6 Å². The van der Waals surface area contributed by atoms with Crippen LogP contribution in [0, 0.1) is 5.92 Å². The number of para-hydroxylation sites is 1. The fourth-order valence-electron chi connectivity index (χ4n) is 3.40. The van der Waals surface area contributed by atoms with Gasteiger partial charge in [-0.25, -0.2) is 4.98 Å². The maximum Gasteiger partial charge on any atom is 0.276 e. The number of imidazole rings is 1. The summed E-state index contributed by atoms with van der Waals surface area (Å²) in [7, 11) is 0. The highest BCUT2D eigenvalue weighted by atomic mass is 16.5. The Balaban J connectivity index is 1.72. The molecule has 0 saturated carbocycles. The molecule has 6 heteroatoms. The fraction of sp³-hybridized carbons (Fsp3) is 0.412. The minimum absolute atomic E-state index is 0.0590. The third-order valence-corrected chi connectivity index (χ3v) is 4.58. The van der Waals surface area contributed by atoms with Gasteiger partial charge in [0.1, 0.15) is 18.1 Å². The number of rotatable bonds is 2. The number of hydrogen-bond acceptors (Lipinski definition) is 4. The standard InChI is InChI=1S/C17H19N3O3/c21-10-12-7-13-3-1-2-4-14(13)20(9-12)17(22)15-8-18-16-11-23-6-5-19(15)16/h1-4,8,12,21H,5-7,9-11H2. The normalized spacial score (nSPS) is 20.0. The quantitative estimate of drug-likeness (QED) is 0.905. The zero-order valence-electron chi connectivity index (χ0n) is 12.8. The van der Waals surface area contributed by atoms with Gasteiger partial charge in [-0.3, -0.25) is 4.79 Å². The zero-order valence-corrected chi connectivity index (χ0v) is 12.8. The molecule has 0 spiro atoms. The number of hydrogen-bond donors (Lipinski definition) is 1. The third kappa shape index (κ3) is 2.44. The van der Waals surface area contributed by atoms with Crippen molar-refractivity contribution in [2.75, 3.05) is 24.7 Å². The van der Waals surface area contributed by atoms with Crippen molar-refractivity contribution in [3.05, 3.63) is 47.5 Å². The van der Waals surface area contributed by atoms with Crippen molar-refractivity contribution in [2.24, 2.45) is 5.92 Å². The summed E-state index contributed by atoms with van der Waals surface area (Å²) in [5, 5.41) is 9.57. The van der Waals surface area contributed by atoms with E-state index in [9.17, 15) is 9.90 Å². The first-order valence-corrected chi connectivity index (χ1v) is 7.90. The van der Waals surface area contributed by atoms with E-state index in [1.165, 1.54) is 0 Å². The van der Waals surface area contributed by atoms with Gasteiger partial charge in [0, 0.05) is 31.3 Å².